The molecule has 1 aliphatic heterocycles. The number of hydrogen-bond donors (Lipinski definition) is 1. The zero-order chi connectivity index (χ0) is 7.61. The van der Waals surface area contributed by atoms with E-state index in [9.17, 15) is 0 Å². The van der Waals surface area contributed by atoms with Crippen molar-refractivity contribution in [1.29, 1.82) is 0 Å². The lowest BCUT2D eigenvalue weighted by molar-refractivity contribution is -0.0585. The smallest absolute Gasteiger partial charge is 0.107 e. The number of nitrogens with one attached hydrogen (secondary N) is 1. The van der Waals surface area contributed by atoms with E-state index in [0.717, 1.165) is 19.6 Å². The maximum Gasteiger partial charge on any atom is 0.107 e. The molecule has 2 nitrogen and oxygen atoms in total. The van der Waals surface area contributed by atoms with Gasteiger partial charge in [0.1, 0.15) is 6.23 Å². The molecule has 0 aromatic heterocycles. The van der Waals surface area contributed by atoms with Crippen LogP contribution in [0.1, 0.15) is 27.2 Å². The van der Waals surface area contributed by atoms with Crippen LogP contribution in [0.3, 0.4) is 0 Å². The van der Waals surface area contributed by atoms with Crippen molar-refractivity contribution in [2.24, 2.45) is 5.41 Å². The minimum absolute atomic E-state index is 0. The summed E-state index contributed by atoms with van der Waals surface area (Å²) in [7, 11) is 0. The minimum atomic E-state index is 0. The molecule has 0 spiro atoms. The van der Waals surface area contributed by atoms with Gasteiger partial charge in [-0.15, -0.1) is 12.4 Å². The third-order valence-corrected chi connectivity index (χ3v) is 1.85. The summed E-state index contributed by atoms with van der Waals surface area (Å²) >= 11 is 0. The van der Waals surface area contributed by atoms with Crippen LogP contribution in [0.2, 0.25) is 0 Å². The van der Waals surface area contributed by atoms with Crippen molar-refractivity contribution in [3.05, 3.63) is 0 Å². The highest BCUT2D eigenvalue weighted by atomic mass is 35.5. The molecule has 1 saturated heterocycles. The molecule has 1 aliphatic rings. The Labute approximate surface area is 75.1 Å². The molecule has 0 saturated carbocycles. The largest absolute Gasteiger partial charge is 0.363 e. The summed E-state index contributed by atoms with van der Waals surface area (Å²) in [6, 6.07) is 0. The van der Waals surface area contributed by atoms with Gasteiger partial charge in [0, 0.05) is 12.0 Å². The van der Waals surface area contributed by atoms with Gasteiger partial charge in [0.05, 0.1) is 6.61 Å². The van der Waals surface area contributed by atoms with Crippen LogP contribution in [0.4, 0.5) is 0 Å². The minimum Gasteiger partial charge on any atom is -0.363 e. The maximum absolute atomic E-state index is 5.53. The Morgan fingerprint density at radius 3 is 2.55 bits per heavy atom. The van der Waals surface area contributed by atoms with Crippen molar-refractivity contribution in [1.82, 2.24) is 5.32 Å². The Bertz CT molecular complexity index is 107. The van der Waals surface area contributed by atoms with E-state index in [-0.39, 0.29) is 12.4 Å². The third-order valence-electron chi connectivity index (χ3n) is 1.85. The molecule has 0 amide bonds. The van der Waals surface area contributed by atoms with Crippen molar-refractivity contribution in [3.8, 4) is 0 Å². The fraction of sp³-hybridized carbons (Fsp3) is 1.00. The summed E-state index contributed by atoms with van der Waals surface area (Å²) in [5.41, 5.74) is 0.325. The van der Waals surface area contributed by atoms with Crippen molar-refractivity contribution < 1.29 is 4.74 Å². The first-order chi connectivity index (χ1) is 4.64. The Morgan fingerprint density at radius 1 is 1.55 bits per heavy atom. The molecule has 1 N–H and O–H groups in total. The van der Waals surface area contributed by atoms with Crippen LogP contribution in [0.25, 0.3) is 0 Å². The second-order valence-corrected chi connectivity index (χ2v) is 3.75. The predicted octanol–water partition coefficient (Wildman–Crippen LogP) is 1.79. The topological polar surface area (TPSA) is 21.3 Å². The van der Waals surface area contributed by atoms with Crippen molar-refractivity contribution in [3.63, 3.8) is 0 Å². The highest BCUT2D eigenvalue weighted by Gasteiger charge is 2.25. The number of hydrogen-bond acceptors (Lipinski definition) is 2. The van der Waals surface area contributed by atoms with Gasteiger partial charge in [-0.05, 0) is 6.42 Å². The van der Waals surface area contributed by atoms with Crippen molar-refractivity contribution >= 4 is 12.4 Å². The molecule has 0 aliphatic carbocycles. The van der Waals surface area contributed by atoms with Crippen LogP contribution >= 0.6 is 12.4 Å². The maximum atomic E-state index is 5.53. The lowest BCUT2D eigenvalue weighted by Crippen LogP contribution is -2.47. The first kappa shape index (κ1) is 11.2. The highest BCUT2D eigenvalue weighted by Crippen LogP contribution is 2.19. The zero-order valence-electron chi connectivity index (χ0n) is 7.52. The van der Waals surface area contributed by atoms with E-state index in [0.29, 0.717) is 11.6 Å². The Balaban J connectivity index is 0.000001000. The predicted molar refractivity (Wildman–Crippen MR) is 49.1 cm³/mol. The molecular formula is C8H18ClNO. The van der Waals surface area contributed by atoms with Gasteiger partial charge >= 0.3 is 0 Å². The first-order valence-electron chi connectivity index (χ1n) is 3.99. The van der Waals surface area contributed by atoms with E-state index in [4.69, 9.17) is 4.74 Å². The van der Waals surface area contributed by atoms with Gasteiger partial charge in [-0.3, -0.25) is 5.32 Å². The summed E-state index contributed by atoms with van der Waals surface area (Å²) in [5, 5.41) is 3.34. The molecule has 1 fully saturated rings. The molecular weight excluding hydrogens is 162 g/mol. The number of halogens is 1. The van der Waals surface area contributed by atoms with Crippen LogP contribution in [0, 0.1) is 5.41 Å². The summed E-state index contributed by atoms with van der Waals surface area (Å²) in [6.07, 6.45) is 1.36. The second-order valence-electron chi connectivity index (χ2n) is 3.75. The van der Waals surface area contributed by atoms with E-state index >= 15 is 0 Å². The Kier molecular flexibility index (Phi) is 4.37. The fourth-order valence-electron chi connectivity index (χ4n) is 1.09. The fourth-order valence-corrected chi connectivity index (χ4v) is 1.09. The Hall–Kier alpha value is 0.210. The summed E-state index contributed by atoms with van der Waals surface area (Å²) in [5.74, 6) is 0. The van der Waals surface area contributed by atoms with Gasteiger partial charge < -0.3 is 4.74 Å². The lowest BCUT2D eigenvalue weighted by Gasteiger charge is -2.35. The van der Waals surface area contributed by atoms with Gasteiger partial charge in [0.2, 0.25) is 0 Å². The standard InChI is InChI=1S/C8H17NO.ClH/c1-4-7-9-5-8(2,3)6-10-7;/h7,9H,4-6H2,1-3H3;1H. The normalized spacial score (nSPS) is 29.2. The number of ether oxygens (including phenoxy) is 1. The van der Waals surface area contributed by atoms with Gasteiger partial charge in [-0.2, -0.15) is 0 Å². The molecule has 1 unspecified atom stereocenters. The summed E-state index contributed by atoms with van der Waals surface area (Å²) < 4.78 is 5.53. The zero-order valence-corrected chi connectivity index (χ0v) is 8.33. The summed E-state index contributed by atoms with van der Waals surface area (Å²) in [6.45, 7) is 8.53. The molecule has 1 rings (SSSR count). The van der Waals surface area contributed by atoms with Gasteiger partial charge in [-0.25, -0.2) is 0 Å². The molecule has 3 heteroatoms. The lowest BCUT2D eigenvalue weighted by atomic mass is 9.93. The third kappa shape index (κ3) is 3.41. The molecule has 68 valence electrons. The van der Waals surface area contributed by atoms with Crippen LogP contribution in [-0.4, -0.2) is 19.4 Å². The second kappa shape index (κ2) is 4.29. The SMILES string of the molecule is CCC1NCC(C)(C)CO1.Cl. The quantitative estimate of drug-likeness (QED) is 0.663. The molecule has 0 bridgehead atoms. The molecule has 1 heterocycles. The van der Waals surface area contributed by atoms with Gasteiger partial charge in [-0.1, -0.05) is 20.8 Å². The average Bonchev–Trinajstić information content (AvgIpc) is 1.88. The van der Waals surface area contributed by atoms with Crippen molar-refractivity contribution in [2.75, 3.05) is 13.2 Å². The van der Waals surface area contributed by atoms with E-state index in [1.54, 1.807) is 0 Å². The number of rotatable bonds is 1. The molecule has 11 heavy (non-hydrogen) atoms. The summed E-state index contributed by atoms with van der Waals surface area (Å²) in [4.78, 5) is 0. The first-order valence-corrected chi connectivity index (χ1v) is 3.99. The molecule has 0 aromatic rings. The van der Waals surface area contributed by atoms with Gasteiger partial charge in [0.15, 0.2) is 0 Å². The van der Waals surface area contributed by atoms with E-state index < -0.39 is 0 Å². The molecule has 0 radical (unpaired) electrons. The van der Waals surface area contributed by atoms with Crippen LogP contribution < -0.4 is 5.32 Å². The van der Waals surface area contributed by atoms with Crippen LogP contribution in [0.5, 0.6) is 0 Å². The van der Waals surface area contributed by atoms with Crippen LogP contribution in [-0.2, 0) is 4.74 Å². The van der Waals surface area contributed by atoms with E-state index in [1.807, 2.05) is 0 Å². The molecule has 0 aromatic carbocycles. The average molecular weight is 180 g/mol. The van der Waals surface area contributed by atoms with E-state index in [1.165, 1.54) is 0 Å². The molecule has 1 atom stereocenters. The highest BCUT2D eigenvalue weighted by molar-refractivity contribution is 5.85. The Morgan fingerprint density at radius 2 is 2.18 bits per heavy atom. The van der Waals surface area contributed by atoms with Crippen molar-refractivity contribution in [2.45, 2.75) is 33.4 Å². The monoisotopic (exact) mass is 179 g/mol. The van der Waals surface area contributed by atoms with Gasteiger partial charge in [0.25, 0.3) is 0 Å². The van der Waals surface area contributed by atoms with E-state index in [2.05, 4.69) is 26.1 Å². The van der Waals surface area contributed by atoms with Crippen LogP contribution in [0.15, 0.2) is 0 Å².